The van der Waals surface area contributed by atoms with E-state index < -0.39 is 0 Å². The molecule has 1 unspecified atom stereocenters. The molecule has 4 aliphatic rings. The van der Waals surface area contributed by atoms with Crippen LogP contribution in [0, 0.1) is 11.8 Å². The first-order chi connectivity index (χ1) is 10.7. The second-order valence-corrected chi connectivity index (χ2v) is 7.02. The molecule has 5 heterocycles. The maximum Gasteiger partial charge on any atom is 0.154 e. The van der Waals surface area contributed by atoms with Crippen LogP contribution in [0.15, 0.2) is 36.9 Å². The number of carbonyl (C=O) groups excluding carboxylic acids is 1. The van der Waals surface area contributed by atoms with E-state index in [9.17, 15) is 4.79 Å². The summed E-state index contributed by atoms with van der Waals surface area (Å²) in [5.74, 6) is 0.978. The molecular formula is C19H20N2O. The van der Waals surface area contributed by atoms with Crippen LogP contribution < -0.4 is 0 Å². The van der Waals surface area contributed by atoms with Crippen LogP contribution in [0.1, 0.15) is 23.7 Å². The van der Waals surface area contributed by atoms with Gasteiger partial charge in [0.05, 0.1) is 12.1 Å². The molecule has 1 aromatic heterocycles. The molecule has 112 valence electrons. The normalized spacial score (nSPS) is 35.7. The van der Waals surface area contributed by atoms with Crippen LogP contribution in [0.5, 0.6) is 0 Å². The number of para-hydroxylation sites is 1. The third-order valence-corrected chi connectivity index (χ3v) is 6.19. The minimum absolute atomic E-state index is 0.0956. The smallest absolute Gasteiger partial charge is 0.154 e. The van der Waals surface area contributed by atoms with Crippen molar-refractivity contribution in [1.29, 1.82) is 0 Å². The number of hydrogen-bond acceptors (Lipinski definition) is 2. The van der Waals surface area contributed by atoms with Crippen LogP contribution in [0.4, 0.5) is 0 Å². The Morgan fingerprint density at radius 3 is 2.91 bits per heavy atom. The minimum atomic E-state index is 0.0956. The fourth-order valence-electron chi connectivity index (χ4n) is 5.18. The summed E-state index contributed by atoms with van der Waals surface area (Å²) in [6, 6.07) is 9.11. The van der Waals surface area contributed by atoms with Crippen molar-refractivity contribution in [3.05, 3.63) is 48.2 Å². The number of hydrogen-bond donors (Lipinski definition) is 0. The van der Waals surface area contributed by atoms with Crippen molar-refractivity contribution >= 4 is 16.7 Å². The van der Waals surface area contributed by atoms with Crippen LogP contribution in [-0.2, 0) is 18.3 Å². The van der Waals surface area contributed by atoms with E-state index in [-0.39, 0.29) is 12.0 Å². The van der Waals surface area contributed by atoms with Crippen LogP contribution in [-0.4, -0.2) is 27.8 Å². The Hall–Kier alpha value is -1.87. The number of Topliss-reactive ketones (excluding diaryl/α,β-unsaturated/α-hetero) is 1. The molecule has 3 fully saturated rings. The number of fused-ring (bicyclic) bond motifs is 4. The van der Waals surface area contributed by atoms with Crippen molar-refractivity contribution in [3.63, 3.8) is 0 Å². The summed E-state index contributed by atoms with van der Waals surface area (Å²) in [4.78, 5) is 15.3. The molecule has 0 N–H and O–H groups in total. The number of carbonyl (C=O) groups is 1. The molecule has 0 aliphatic carbocycles. The fourth-order valence-corrected chi connectivity index (χ4v) is 5.18. The number of rotatable bonds is 1. The van der Waals surface area contributed by atoms with Gasteiger partial charge >= 0.3 is 0 Å². The highest BCUT2D eigenvalue weighted by Gasteiger charge is 2.54. The molecule has 5 atom stereocenters. The molecule has 6 rings (SSSR count). The molecule has 4 aliphatic heterocycles. The zero-order valence-electron chi connectivity index (χ0n) is 12.8. The number of nitrogens with zero attached hydrogens (tertiary/aromatic N) is 2. The predicted molar refractivity (Wildman–Crippen MR) is 86.7 cm³/mol. The van der Waals surface area contributed by atoms with Gasteiger partial charge in [0, 0.05) is 36.1 Å². The van der Waals surface area contributed by atoms with Gasteiger partial charge in [-0.15, -0.1) is 6.58 Å². The Morgan fingerprint density at radius 1 is 1.27 bits per heavy atom. The lowest BCUT2D eigenvalue weighted by atomic mass is 9.67. The van der Waals surface area contributed by atoms with E-state index in [0.717, 1.165) is 19.4 Å². The third-order valence-electron chi connectivity index (χ3n) is 6.19. The van der Waals surface area contributed by atoms with Crippen LogP contribution in [0.3, 0.4) is 0 Å². The second-order valence-electron chi connectivity index (χ2n) is 7.02. The summed E-state index contributed by atoms with van der Waals surface area (Å²) in [5, 5.41) is 1.33. The Balaban J connectivity index is 1.74. The Bertz CT molecular complexity index is 818. The van der Waals surface area contributed by atoms with E-state index in [1.165, 1.54) is 22.2 Å². The fraction of sp³-hybridized carbons (Fsp3) is 0.421. The lowest BCUT2D eigenvalue weighted by Gasteiger charge is -2.55. The van der Waals surface area contributed by atoms with Crippen molar-refractivity contribution < 1.29 is 4.79 Å². The molecule has 4 bridgehead atoms. The van der Waals surface area contributed by atoms with Gasteiger partial charge in [0.1, 0.15) is 0 Å². The van der Waals surface area contributed by atoms with Gasteiger partial charge in [0.15, 0.2) is 5.78 Å². The zero-order valence-corrected chi connectivity index (χ0v) is 12.8. The lowest BCUT2D eigenvalue weighted by molar-refractivity contribution is -0.146. The first kappa shape index (κ1) is 12.7. The molecule has 3 heteroatoms. The highest BCUT2D eigenvalue weighted by atomic mass is 16.1. The topological polar surface area (TPSA) is 25.2 Å². The summed E-state index contributed by atoms with van der Waals surface area (Å²) < 4.78 is 2.36. The van der Waals surface area contributed by atoms with Crippen molar-refractivity contribution in [2.75, 3.05) is 6.54 Å². The minimum Gasteiger partial charge on any atom is -0.346 e. The average Bonchev–Trinajstić information content (AvgIpc) is 2.84. The van der Waals surface area contributed by atoms with Crippen molar-refractivity contribution in [1.82, 2.24) is 9.47 Å². The standard InChI is InChI=1S/C19H20N2O/c1-3-11-10-21-16-8-13(11)19(22)17(21)9-14-12-6-4-5-7-15(12)20(2)18(14)16/h3-7,11,13,16-17H,1,8-10H2,2H3/t11-,13-,16-,17-/m0/s1. The summed E-state index contributed by atoms with van der Waals surface area (Å²) in [6.07, 6.45) is 3.83. The summed E-state index contributed by atoms with van der Waals surface area (Å²) in [6.45, 7) is 4.94. The van der Waals surface area contributed by atoms with E-state index in [0.29, 0.717) is 17.7 Å². The average molecular weight is 292 g/mol. The van der Waals surface area contributed by atoms with Gasteiger partial charge in [-0.1, -0.05) is 24.3 Å². The number of aryl methyl sites for hydroxylation is 1. The molecule has 0 saturated carbocycles. The molecule has 1 aromatic carbocycles. The maximum atomic E-state index is 12.8. The largest absolute Gasteiger partial charge is 0.346 e. The summed E-state index contributed by atoms with van der Waals surface area (Å²) in [7, 11) is 2.18. The van der Waals surface area contributed by atoms with Crippen molar-refractivity contribution in [3.8, 4) is 0 Å². The second kappa shape index (κ2) is 4.11. The number of piperidine rings is 3. The molecule has 0 spiro atoms. The van der Waals surface area contributed by atoms with Crippen LogP contribution in [0.2, 0.25) is 0 Å². The highest BCUT2D eigenvalue weighted by molar-refractivity contribution is 5.92. The highest BCUT2D eigenvalue weighted by Crippen LogP contribution is 2.51. The predicted octanol–water partition coefficient (Wildman–Crippen LogP) is 2.85. The molecule has 2 aromatic rings. The SMILES string of the molecule is C=C[C@H]1CN2[C@H]3Cc4c(n(C)c5ccccc45)[C@@H]2C[C@@H]1C3=O. The lowest BCUT2D eigenvalue weighted by Crippen LogP contribution is -2.62. The van der Waals surface area contributed by atoms with Gasteiger partial charge in [0.25, 0.3) is 0 Å². The quantitative estimate of drug-likeness (QED) is 0.755. The van der Waals surface area contributed by atoms with E-state index >= 15 is 0 Å². The number of aromatic nitrogens is 1. The first-order valence-corrected chi connectivity index (χ1v) is 8.19. The monoisotopic (exact) mass is 292 g/mol. The van der Waals surface area contributed by atoms with Crippen LogP contribution >= 0.6 is 0 Å². The van der Waals surface area contributed by atoms with Gasteiger partial charge in [-0.05, 0) is 30.4 Å². The Kier molecular flexibility index (Phi) is 2.36. The van der Waals surface area contributed by atoms with Crippen molar-refractivity contribution in [2.45, 2.75) is 24.9 Å². The van der Waals surface area contributed by atoms with Crippen LogP contribution in [0.25, 0.3) is 10.9 Å². The molecule has 3 saturated heterocycles. The van der Waals surface area contributed by atoms with E-state index in [1.54, 1.807) is 0 Å². The van der Waals surface area contributed by atoms with E-state index in [1.807, 2.05) is 6.08 Å². The molecule has 0 amide bonds. The zero-order chi connectivity index (χ0) is 15.0. The van der Waals surface area contributed by atoms with E-state index in [2.05, 4.69) is 47.4 Å². The van der Waals surface area contributed by atoms with Gasteiger partial charge in [-0.3, -0.25) is 9.69 Å². The maximum absolute atomic E-state index is 12.8. The van der Waals surface area contributed by atoms with Gasteiger partial charge < -0.3 is 4.57 Å². The summed E-state index contributed by atoms with van der Waals surface area (Å²) in [5.41, 5.74) is 4.15. The number of benzene rings is 1. The summed E-state index contributed by atoms with van der Waals surface area (Å²) >= 11 is 0. The van der Waals surface area contributed by atoms with Gasteiger partial charge in [-0.25, -0.2) is 0 Å². The van der Waals surface area contributed by atoms with Gasteiger partial charge in [-0.2, -0.15) is 0 Å². The van der Waals surface area contributed by atoms with Gasteiger partial charge in [0.2, 0.25) is 0 Å². The third kappa shape index (κ3) is 1.33. The number of ketones is 1. The Labute approximate surface area is 130 Å². The van der Waals surface area contributed by atoms with Crippen molar-refractivity contribution in [2.24, 2.45) is 18.9 Å². The molecule has 0 radical (unpaired) electrons. The molecule has 3 nitrogen and oxygen atoms in total. The molecule has 22 heavy (non-hydrogen) atoms. The first-order valence-electron chi connectivity index (χ1n) is 8.19. The molecular weight excluding hydrogens is 272 g/mol. The Morgan fingerprint density at radius 2 is 2.09 bits per heavy atom. The van der Waals surface area contributed by atoms with E-state index in [4.69, 9.17) is 0 Å².